The number of para-hydroxylation sites is 2. The van der Waals surface area contributed by atoms with Crippen LogP contribution in [0.5, 0.6) is 0 Å². The molecule has 1 heterocycles. The van der Waals surface area contributed by atoms with Gasteiger partial charge in [0.2, 0.25) is 0 Å². The van der Waals surface area contributed by atoms with Crippen molar-refractivity contribution in [3.63, 3.8) is 0 Å². The fourth-order valence-corrected chi connectivity index (χ4v) is 4.89. The summed E-state index contributed by atoms with van der Waals surface area (Å²) in [7, 11) is 0. The van der Waals surface area contributed by atoms with E-state index in [2.05, 4.69) is 109 Å². The lowest BCUT2D eigenvalue weighted by Crippen LogP contribution is -1.83. The molecule has 5 aromatic carbocycles. The minimum absolute atomic E-state index is 0.928. The maximum Gasteiger partial charge on any atom is 0.143 e. The standard InChI is InChI=1S/C31H22OS/c1-33-26-18-16-22(17-19-26)21-12-14-23(15-13-21)24-6-4-7-25(20-24)27-9-5-10-29-28-8-2-3-11-30(28)32-31(27)29/h2-20H,1H3. The van der Waals surface area contributed by atoms with E-state index in [1.807, 2.05) is 12.1 Å². The molecule has 1 nitrogen and oxygen atoms in total. The second-order valence-electron chi connectivity index (χ2n) is 8.17. The fraction of sp³-hybridized carbons (Fsp3) is 0.0323. The number of benzene rings is 5. The number of thioether (sulfide) groups is 1. The number of rotatable bonds is 4. The first kappa shape index (κ1) is 19.9. The first-order chi connectivity index (χ1) is 16.3. The summed E-state index contributed by atoms with van der Waals surface area (Å²) in [4.78, 5) is 1.28. The molecule has 1 aromatic heterocycles. The molecule has 0 saturated heterocycles. The van der Waals surface area contributed by atoms with Gasteiger partial charge in [0.1, 0.15) is 11.2 Å². The number of furan rings is 1. The van der Waals surface area contributed by atoms with Gasteiger partial charge in [-0.3, -0.25) is 0 Å². The Morgan fingerprint density at radius 3 is 1.88 bits per heavy atom. The van der Waals surface area contributed by atoms with Crippen molar-refractivity contribution in [3.05, 3.63) is 115 Å². The Kier molecular flexibility index (Phi) is 5.01. The van der Waals surface area contributed by atoms with Gasteiger partial charge in [0.05, 0.1) is 0 Å². The topological polar surface area (TPSA) is 13.1 Å². The number of fused-ring (bicyclic) bond motifs is 3. The molecule has 0 spiro atoms. The summed E-state index contributed by atoms with van der Waals surface area (Å²) in [5.74, 6) is 0. The minimum Gasteiger partial charge on any atom is -0.455 e. The average molecular weight is 443 g/mol. The third kappa shape index (κ3) is 3.63. The van der Waals surface area contributed by atoms with Crippen LogP contribution in [-0.2, 0) is 0 Å². The molecule has 6 aromatic rings. The van der Waals surface area contributed by atoms with Gasteiger partial charge in [-0.1, -0.05) is 91.0 Å². The summed E-state index contributed by atoms with van der Waals surface area (Å²) in [6, 6.07) is 40.9. The lowest BCUT2D eigenvalue weighted by molar-refractivity contribution is 0.670. The Morgan fingerprint density at radius 1 is 0.515 bits per heavy atom. The summed E-state index contributed by atoms with van der Waals surface area (Å²) in [5.41, 5.74) is 9.03. The third-order valence-corrected chi connectivity index (χ3v) is 6.96. The van der Waals surface area contributed by atoms with Gasteiger partial charge in [-0.25, -0.2) is 0 Å². The SMILES string of the molecule is CSc1ccc(-c2ccc(-c3cccc(-c4cccc5c4oc4ccccc45)c3)cc2)cc1. The van der Waals surface area contributed by atoms with E-state index in [9.17, 15) is 0 Å². The second kappa shape index (κ2) is 8.31. The molecule has 2 heteroatoms. The van der Waals surface area contributed by atoms with Crippen molar-refractivity contribution in [2.24, 2.45) is 0 Å². The van der Waals surface area contributed by atoms with Crippen LogP contribution in [0.1, 0.15) is 0 Å². The van der Waals surface area contributed by atoms with E-state index < -0.39 is 0 Å². The van der Waals surface area contributed by atoms with Crippen molar-refractivity contribution in [2.75, 3.05) is 6.26 Å². The molecule has 0 unspecified atom stereocenters. The highest BCUT2D eigenvalue weighted by molar-refractivity contribution is 7.98. The van der Waals surface area contributed by atoms with E-state index in [1.54, 1.807) is 11.8 Å². The first-order valence-corrected chi connectivity index (χ1v) is 12.3. The zero-order valence-electron chi connectivity index (χ0n) is 18.3. The van der Waals surface area contributed by atoms with Gasteiger partial charge in [-0.05, 0) is 58.3 Å². The predicted octanol–water partition coefficient (Wildman–Crippen LogP) is 9.31. The fourth-order valence-electron chi connectivity index (χ4n) is 4.48. The predicted molar refractivity (Wildman–Crippen MR) is 142 cm³/mol. The monoisotopic (exact) mass is 442 g/mol. The van der Waals surface area contributed by atoms with Crippen LogP contribution < -0.4 is 0 Å². The molecule has 0 bridgehead atoms. The summed E-state index contributed by atoms with van der Waals surface area (Å²) >= 11 is 1.77. The molecule has 0 radical (unpaired) electrons. The van der Waals surface area contributed by atoms with Crippen molar-refractivity contribution in [1.82, 2.24) is 0 Å². The lowest BCUT2D eigenvalue weighted by Gasteiger charge is -2.08. The maximum atomic E-state index is 6.26. The Bertz CT molecular complexity index is 1570. The normalized spacial score (nSPS) is 11.3. The van der Waals surface area contributed by atoms with E-state index in [4.69, 9.17) is 4.42 Å². The smallest absolute Gasteiger partial charge is 0.143 e. The van der Waals surface area contributed by atoms with Gasteiger partial charge in [0.15, 0.2) is 0 Å². The van der Waals surface area contributed by atoms with Gasteiger partial charge >= 0.3 is 0 Å². The van der Waals surface area contributed by atoms with E-state index in [1.165, 1.54) is 27.1 Å². The van der Waals surface area contributed by atoms with Gasteiger partial charge in [-0.15, -0.1) is 11.8 Å². The number of hydrogen-bond acceptors (Lipinski definition) is 2. The molecule has 6 rings (SSSR count). The van der Waals surface area contributed by atoms with Crippen molar-refractivity contribution in [1.29, 1.82) is 0 Å². The second-order valence-corrected chi connectivity index (χ2v) is 9.05. The largest absolute Gasteiger partial charge is 0.455 e. The third-order valence-electron chi connectivity index (χ3n) is 6.22. The maximum absolute atomic E-state index is 6.26. The highest BCUT2D eigenvalue weighted by atomic mass is 32.2. The van der Waals surface area contributed by atoms with Crippen LogP contribution in [0.3, 0.4) is 0 Å². The van der Waals surface area contributed by atoms with Crippen LogP contribution in [0.4, 0.5) is 0 Å². The molecule has 0 aliphatic heterocycles. The molecule has 0 N–H and O–H groups in total. The van der Waals surface area contributed by atoms with E-state index in [0.29, 0.717) is 0 Å². The lowest BCUT2D eigenvalue weighted by atomic mass is 9.96. The van der Waals surface area contributed by atoms with E-state index >= 15 is 0 Å². The minimum atomic E-state index is 0.928. The van der Waals surface area contributed by atoms with Crippen molar-refractivity contribution >= 4 is 33.7 Å². The van der Waals surface area contributed by atoms with Crippen molar-refractivity contribution in [3.8, 4) is 33.4 Å². The summed E-state index contributed by atoms with van der Waals surface area (Å²) < 4.78 is 6.26. The highest BCUT2D eigenvalue weighted by Crippen LogP contribution is 2.37. The van der Waals surface area contributed by atoms with Gasteiger partial charge in [0, 0.05) is 21.2 Å². The van der Waals surface area contributed by atoms with Crippen LogP contribution in [0.15, 0.2) is 125 Å². The van der Waals surface area contributed by atoms with Crippen LogP contribution in [0.2, 0.25) is 0 Å². The van der Waals surface area contributed by atoms with Crippen LogP contribution in [-0.4, -0.2) is 6.26 Å². The Labute approximate surface area is 197 Å². The molecular formula is C31H22OS. The molecule has 0 fully saturated rings. The van der Waals surface area contributed by atoms with Crippen LogP contribution in [0, 0.1) is 0 Å². The summed E-state index contributed by atoms with van der Waals surface area (Å²) in [6.45, 7) is 0. The molecule has 158 valence electrons. The van der Waals surface area contributed by atoms with Crippen LogP contribution >= 0.6 is 11.8 Å². The summed E-state index contributed by atoms with van der Waals surface area (Å²) in [6.07, 6.45) is 2.10. The molecule has 0 aliphatic carbocycles. The number of hydrogen-bond donors (Lipinski definition) is 0. The van der Waals surface area contributed by atoms with Crippen molar-refractivity contribution < 1.29 is 4.42 Å². The molecule has 0 amide bonds. The molecule has 0 aliphatic rings. The zero-order valence-corrected chi connectivity index (χ0v) is 19.1. The van der Waals surface area contributed by atoms with Gasteiger partial charge in [-0.2, -0.15) is 0 Å². The van der Waals surface area contributed by atoms with E-state index in [-0.39, 0.29) is 0 Å². The Morgan fingerprint density at radius 2 is 1.12 bits per heavy atom. The molecule has 0 saturated carbocycles. The van der Waals surface area contributed by atoms with Crippen molar-refractivity contribution in [2.45, 2.75) is 4.90 Å². The van der Waals surface area contributed by atoms with Gasteiger partial charge in [0.25, 0.3) is 0 Å². The summed E-state index contributed by atoms with van der Waals surface area (Å²) in [5, 5.41) is 2.32. The first-order valence-electron chi connectivity index (χ1n) is 11.1. The Balaban J connectivity index is 1.38. The molecule has 33 heavy (non-hydrogen) atoms. The van der Waals surface area contributed by atoms with Gasteiger partial charge < -0.3 is 4.42 Å². The molecule has 0 atom stereocenters. The quantitative estimate of drug-likeness (QED) is 0.252. The van der Waals surface area contributed by atoms with Crippen LogP contribution in [0.25, 0.3) is 55.3 Å². The molecular weight excluding hydrogens is 420 g/mol. The Hall–Kier alpha value is -3.75. The highest BCUT2D eigenvalue weighted by Gasteiger charge is 2.12. The van der Waals surface area contributed by atoms with E-state index in [0.717, 1.165) is 33.1 Å². The zero-order chi connectivity index (χ0) is 22.2. The average Bonchev–Trinajstić information content (AvgIpc) is 3.28.